The normalized spacial score (nSPS) is 18.5. The molecule has 10 heteroatoms. The summed E-state index contributed by atoms with van der Waals surface area (Å²) in [6, 6.07) is 4.41. The zero-order valence-electron chi connectivity index (χ0n) is 16.9. The molecule has 0 bridgehead atoms. The first kappa shape index (κ1) is 21.4. The van der Waals surface area contributed by atoms with Gasteiger partial charge >= 0.3 is 12.0 Å². The number of esters is 1. The van der Waals surface area contributed by atoms with E-state index in [1.54, 1.807) is 25.1 Å². The third kappa shape index (κ3) is 5.19. The average molecular weight is 419 g/mol. The molecule has 3 rings (SSSR count). The molecule has 4 amide bonds. The number of amides is 4. The Balaban J connectivity index is 1.50. The minimum Gasteiger partial charge on any atom is -0.486 e. The van der Waals surface area contributed by atoms with Gasteiger partial charge in [0, 0.05) is 30.8 Å². The third-order valence-electron chi connectivity index (χ3n) is 4.88. The lowest BCUT2D eigenvalue weighted by Crippen LogP contribution is -2.44. The van der Waals surface area contributed by atoms with Crippen LogP contribution in [0.2, 0.25) is 0 Å². The van der Waals surface area contributed by atoms with Crippen LogP contribution in [0.3, 0.4) is 0 Å². The summed E-state index contributed by atoms with van der Waals surface area (Å²) >= 11 is 0. The Kier molecular flexibility index (Phi) is 6.76. The van der Waals surface area contributed by atoms with Crippen molar-refractivity contribution >= 4 is 29.5 Å². The van der Waals surface area contributed by atoms with Crippen molar-refractivity contribution in [3.63, 3.8) is 0 Å². The molecule has 0 unspecified atom stereocenters. The summed E-state index contributed by atoms with van der Waals surface area (Å²) in [6.07, 6.45) is 0.690. The fourth-order valence-corrected chi connectivity index (χ4v) is 3.09. The van der Waals surface area contributed by atoms with Crippen LogP contribution in [0.1, 0.15) is 26.7 Å². The van der Waals surface area contributed by atoms with E-state index in [0.29, 0.717) is 36.8 Å². The van der Waals surface area contributed by atoms with E-state index in [-0.39, 0.29) is 24.9 Å². The molecule has 162 valence electrons. The van der Waals surface area contributed by atoms with Gasteiger partial charge < -0.3 is 24.4 Å². The van der Waals surface area contributed by atoms with Crippen molar-refractivity contribution in [3.8, 4) is 11.5 Å². The van der Waals surface area contributed by atoms with E-state index in [0.717, 1.165) is 0 Å². The van der Waals surface area contributed by atoms with E-state index in [1.165, 1.54) is 4.90 Å². The van der Waals surface area contributed by atoms with Crippen molar-refractivity contribution in [2.24, 2.45) is 5.92 Å². The summed E-state index contributed by atoms with van der Waals surface area (Å²) in [5.74, 6) is -1.18. The summed E-state index contributed by atoms with van der Waals surface area (Å²) in [5.41, 5.74) is 0.596. The van der Waals surface area contributed by atoms with Crippen molar-refractivity contribution < 1.29 is 33.4 Å². The van der Waals surface area contributed by atoms with Crippen molar-refractivity contribution in [3.05, 3.63) is 18.2 Å². The number of rotatable bonds is 6. The number of nitrogens with zero attached hydrogens (tertiary/aromatic N) is 1. The van der Waals surface area contributed by atoms with E-state index in [2.05, 4.69) is 10.6 Å². The number of benzene rings is 1. The topological polar surface area (TPSA) is 123 Å². The minimum atomic E-state index is -0.739. The molecular formula is C20H25N3O7. The second kappa shape index (κ2) is 9.47. The lowest BCUT2D eigenvalue weighted by atomic mass is 10.1. The summed E-state index contributed by atoms with van der Waals surface area (Å²) < 4.78 is 16.0. The smallest absolute Gasteiger partial charge is 0.321 e. The van der Waals surface area contributed by atoms with Gasteiger partial charge in [-0.3, -0.25) is 19.7 Å². The fraction of sp³-hybridized carbons (Fsp3) is 0.500. The molecular weight excluding hydrogens is 394 g/mol. The van der Waals surface area contributed by atoms with Crippen LogP contribution in [0.25, 0.3) is 0 Å². The van der Waals surface area contributed by atoms with Gasteiger partial charge in [0.15, 0.2) is 18.1 Å². The van der Waals surface area contributed by atoms with Gasteiger partial charge in [-0.25, -0.2) is 4.79 Å². The van der Waals surface area contributed by atoms with Gasteiger partial charge in [0.2, 0.25) is 5.91 Å². The first-order valence-electron chi connectivity index (χ1n) is 9.84. The van der Waals surface area contributed by atoms with Crippen LogP contribution in [0.5, 0.6) is 11.5 Å². The number of nitrogens with one attached hydrogen (secondary N) is 2. The SMILES string of the molecule is CC[C@@H](C)NC(=O)NC(=O)COC(=O)[C@H]1CC(=O)N(c2ccc3c(c2)OCCO3)C1. The number of imide groups is 1. The van der Waals surface area contributed by atoms with Gasteiger partial charge in [-0.1, -0.05) is 6.92 Å². The minimum absolute atomic E-state index is 0.0244. The van der Waals surface area contributed by atoms with Crippen molar-refractivity contribution in [1.82, 2.24) is 10.6 Å². The van der Waals surface area contributed by atoms with Crippen molar-refractivity contribution in [2.45, 2.75) is 32.7 Å². The van der Waals surface area contributed by atoms with E-state index in [9.17, 15) is 19.2 Å². The Morgan fingerprint density at radius 2 is 1.97 bits per heavy atom. The molecule has 0 aliphatic carbocycles. The Labute approximate surface area is 173 Å². The lowest BCUT2D eigenvalue weighted by molar-refractivity contribution is -0.152. The Bertz CT molecular complexity index is 842. The maximum Gasteiger partial charge on any atom is 0.321 e. The molecule has 1 aromatic rings. The number of anilines is 1. The highest BCUT2D eigenvalue weighted by Gasteiger charge is 2.37. The van der Waals surface area contributed by atoms with Gasteiger partial charge in [0.05, 0.1) is 5.92 Å². The van der Waals surface area contributed by atoms with E-state index < -0.39 is 30.4 Å². The van der Waals surface area contributed by atoms with E-state index >= 15 is 0 Å². The molecule has 2 atom stereocenters. The molecule has 2 aliphatic heterocycles. The monoisotopic (exact) mass is 419 g/mol. The molecule has 2 heterocycles. The highest BCUT2D eigenvalue weighted by molar-refractivity contribution is 6.00. The molecule has 0 saturated carbocycles. The standard InChI is InChI=1S/C20H25N3O7/c1-3-12(2)21-20(27)22-17(24)11-30-19(26)13-8-18(25)23(10-13)14-4-5-15-16(9-14)29-7-6-28-15/h4-5,9,12-13H,3,6-8,10-11H2,1-2H3,(H2,21,22,24,27)/t12-,13+/m1/s1. The first-order chi connectivity index (χ1) is 14.4. The lowest BCUT2D eigenvalue weighted by Gasteiger charge is -2.22. The zero-order valence-corrected chi connectivity index (χ0v) is 16.9. The van der Waals surface area contributed by atoms with E-state index in [4.69, 9.17) is 14.2 Å². The van der Waals surface area contributed by atoms with Crippen LogP contribution in [0, 0.1) is 5.92 Å². The molecule has 1 aromatic carbocycles. The van der Waals surface area contributed by atoms with Gasteiger partial charge in [-0.15, -0.1) is 0 Å². The van der Waals surface area contributed by atoms with Crippen LogP contribution >= 0.6 is 0 Å². The largest absolute Gasteiger partial charge is 0.486 e. The Morgan fingerprint density at radius 3 is 2.70 bits per heavy atom. The second-order valence-electron chi connectivity index (χ2n) is 7.17. The van der Waals surface area contributed by atoms with Crippen LogP contribution in [-0.4, -0.2) is 56.2 Å². The van der Waals surface area contributed by atoms with Crippen LogP contribution in [0.4, 0.5) is 10.5 Å². The van der Waals surface area contributed by atoms with E-state index in [1.807, 2.05) is 6.92 Å². The average Bonchev–Trinajstić information content (AvgIpc) is 3.13. The second-order valence-corrected chi connectivity index (χ2v) is 7.17. The highest BCUT2D eigenvalue weighted by Crippen LogP contribution is 2.36. The summed E-state index contributed by atoms with van der Waals surface area (Å²) in [7, 11) is 0. The number of carbonyl (C=O) groups is 4. The van der Waals surface area contributed by atoms with Crippen LogP contribution in [-0.2, 0) is 19.1 Å². The number of ether oxygens (including phenoxy) is 3. The third-order valence-corrected chi connectivity index (χ3v) is 4.88. The fourth-order valence-electron chi connectivity index (χ4n) is 3.09. The molecule has 0 radical (unpaired) electrons. The molecule has 1 fully saturated rings. The predicted octanol–water partition coefficient (Wildman–Crippen LogP) is 0.978. The molecule has 0 aromatic heterocycles. The summed E-state index contributed by atoms with van der Waals surface area (Å²) in [6.45, 7) is 4.13. The number of fused-ring (bicyclic) bond motifs is 1. The zero-order chi connectivity index (χ0) is 21.7. The first-order valence-corrected chi connectivity index (χ1v) is 9.84. The highest BCUT2D eigenvalue weighted by atomic mass is 16.6. The molecule has 1 saturated heterocycles. The van der Waals surface area contributed by atoms with Gasteiger partial charge in [0.1, 0.15) is 13.2 Å². The van der Waals surface area contributed by atoms with Gasteiger partial charge in [-0.05, 0) is 25.5 Å². The van der Waals surface area contributed by atoms with Crippen molar-refractivity contribution in [1.29, 1.82) is 0 Å². The quantitative estimate of drug-likeness (QED) is 0.659. The molecule has 2 N–H and O–H groups in total. The van der Waals surface area contributed by atoms with Gasteiger partial charge in [0.25, 0.3) is 5.91 Å². The molecule has 2 aliphatic rings. The molecule has 0 spiro atoms. The molecule has 30 heavy (non-hydrogen) atoms. The predicted molar refractivity (Wildman–Crippen MR) is 105 cm³/mol. The number of carbonyl (C=O) groups excluding carboxylic acids is 4. The maximum absolute atomic E-state index is 12.4. The summed E-state index contributed by atoms with van der Waals surface area (Å²) in [5, 5.41) is 4.67. The number of urea groups is 1. The number of hydrogen-bond acceptors (Lipinski definition) is 7. The maximum atomic E-state index is 12.4. The number of hydrogen-bond donors (Lipinski definition) is 2. The molecule has 10 nitrogen and oxygen atoms in total. The Hall–Kier alpha value is -3.30. The van der Waals surface area contributed by atoms with Crippen molar-refractivity contribution in [2.75, 3.05) is 31.3 Å². The Morgan fingerprint density at radius 1 is 1.23 bits per heavy atom. The van der Waals surface area contributed by atoms with Crippen LogP contribution < -0.4 is 25.0 Å². The van der Waals surface area contributed by atoms with Crippen LogP contribution in [0.15, 0.2) is 18.2 Å². The van der Waals surface area contributed by atoms with Gasteiger partial charge in [-0.2, -0.15) is 0 Å². The summed E-state index contributed by atoms with van der Waals surface area (Å²) in [4.78, 5) is 49.5.